The molecule has 1 aromatic heterocycles. The number of amides is 1. The molecule has 4 nitrogen and oxygen atoms in total. The first-order chi connectivity index (χ1) is 13.1. The molecule has 0 radical (unpaired) electrons. The predicted octanol–water partition coefficient (Wildman–Crippen LogP) is 5.15. The number of fused-ring (bicyclic) bond motifs is 1. The summed E-state index contributed by atoms with van der Waals surface area (Å²) >= 11 is 7.95. The SMILES string of the molecule is O=C(c1cnc(NC2CCSc3c(F)cccc32)c(Cl)c1)N1CCCCC1. The predicted molar refractivity (Wildman–Crippen MR) is 107 cm³/mol. The molecule has 0 saturated carbocycles. The molecular weight excluding hydrogens is 385 g/mol. The van der Waals surface area contributed by atoms with Crippen LogP contribution >= 0.6 is 23.4 Å². The zero-order chi connectivity index (χ0) is 18.8. The zero-order valence-electron chi connectivity index (χ0n) is 14.9. The number of hydrogen-bond acceptors (Lipinski definition) is 4. The lowest BCUT2D eigenvalue weighted by Gasteiger charge is -2.28. The highest BCUT2D eigenvalue weighted by Crippen LogP contribution is 2.39. The van der Waals surface area contributed by atoms with Crippen LogP contribution in [0.2, 0.25) is 5.02 Å². The number of benzene rings is 1. The molecule has 2 aromatic rings. The molecule has 1 fully saturated rings. The Morgan fingerprint density at radius 3 is 2.89 bits per heavy atom. The molecule has 7 heteroatoms. The lowest BCUT2D eigenvalue weighted by molar-refractivity contribution is 0.0724. The fourth-order valence-electron chi connectivity index (χ4n) is 3.64. The molecule has 1 N–H and O–H groups in total. The summed E-state index contributed by atoms with van der Waals surface area (Å²) in [5.41, 5.74) is 1.44. The molecular formula is C20H21ClFN3OS. The molecule has 1 aromatic carbocycles. The summed E-state index contributed by atoms with van der Waals surface area (Å²) in [5.74, 6) is 1.15. The third-order valence-corrected chi connectivity index (χ3v) is 6.52. The first-order valence-electron chi connectivity index (χ1n) is 9.26. The van der Waals surface area contributed by atoms with Crippen molar-refractivity contribution in [1.82, 2.24) is 9.88 Å². The number of nitrogens with one attached hydrogen (secondary N) is 1. The lowest BCUT2D eigenvalue weighted by atomic mass is 10.0. The van der Waals surface area contributed by atoms with E-state index in [1.165, 1.54) is 24.2 Å². The van der Waals surface area contributed by atoms with Crippen LogP contribution in [0.5, 0.6) is 0 Å². The minimum Gasteiger partial charge on any atom is -0.362 e. The third kappa shape index (κ3) is 3.92. The number of likely N-dealkylation sites (tertiary alicyclic amines) is 1. The summed E-state index contributed by atoms with van der Waals surface area (Å²) in [4.78, 5) is 19.6. The standard InChI is InChI=1S/C20H21ClFN3OS/c21-15-11-13(20(26)25-8-2-1-3-9-25)12-23-19(15)24-17-7-10-27-18-14(17)5-4-6-16(18)22/h4-6,11-12,17H,1-3,7-10H2,(H,23,24). The van der Waals surface area contributed by atoms with Crippen LogP contribution in [-0.4, -0.2) is 34.6 Å². The van der Waals surface area contributed by atoms with Crippen LogP contribution in [0.15, 0.2) is 35.4 Å². The fraction of sp³-hybridized carbons (Fsp3) is 0.400. The number of thioether (sulfide) groups is 1. The minimum absolute atomic E-state index is 0.0165. The van der Waals surface area contributed by atoms with Gasteiger partial charge in [0.05, 0.1) is 16.6 Å². The van der Waals surface area contributed by atoms with Crippen molar-refractivity contribution in [3.05, 3.63) is 52.4 Å². The number of piperidine rings is 1. The van der Waals surface area contributed by atoms with E-state index in [1.807, 2.05) is 11.0 Å². The van der Waals surface area contributed by atoms with E-state index < -0.39 is 0 Å². The highest BCUT2D eigenvalue weighted by atomic mass is 35.5. The number of rotatable bonds is 3. The highest BCUT2D eigenvalue weighted by molar-refractivity contribution is 7.99. The lowest BCUT2D eigenvalue weighted by Crippen LogP contribution is -2.35. The van der Waals surface area contributed by atoms with Crippen LogP contribution < -0.4 is 5.32 Å². The van der Waals surface area contributed by atoms with Gasteiger partial charge in [-0.05, 0) is 43.4 Å². The van der Waals surface area contributed by atoms with Crippen LogP contribution in [0.4, 0.5) is 10.2 Å². The van der Waals surface area contributed by atoms with Gasteiger partial charge in [-0.1, -0.05) is 23.7 Å². The first kappa shape index (κ1) is 18.6. The van der Waals surface area contributed by atoms with Crippen LogP contribution in [-0.2, 0) is 0 Å². The van der Waals surface area contributed by atoms with Gasteiger partial charge in [0.2, 0.25) is 0 Å². The fourth-order valence-corrected chi connectivity index (χ4v) is 5.00. The van der Waals surface area contributed by atoms with Crippen molar-refractivity contribution in [2.24, 2.45) is 0 Å². The van der Waals surface area contributed by atoms with Crippen molar-refractivity contribution in [2.75, 3.05) is 24.2 Å². The molecule has 4 rings (SSSR count). The van der Waals surface area contributed by atoms with Crippen molar-refractivity contribution < 1.29 is 9.18 Å². The molecule has 27 heavy (non-hydrogen) atoms. The summed E-state index contributed by atoms with van der Waals surface area (Å²) in [6.45, 7) is 1.58. The quantitative estimate of drug-likeness (QED) is 0.767. The Morgan fingerprint density at radius 2 is 2.11 bits per heavy atom. The summed E-state index contributed by atoms with van der Waals surface area (Å²) in [7, 11) is 0. The number of pyridine rings is 1. The van der Waals surface area contributed by atoms with Crippen molar-refractivity contribution in [1.29, 1.82) is 0 Å². The molecule has 0 bridgehead atoms. The summed E-state index contributed by atoms with van der Waals surface area (Å²) in [5, 5.41) is 3.74. The van der Waals surface area contributed by atoms with Gasteiger partial charge in [0.25, 0.3) is 5.91 Å². The van der Waals surface area contributed by atoms with Gasteiger partial charge in [0.1, 0.15) is 11.6 Å². The Balaban J connectivity index is 1.53. The number of nitrogens with zero attached hydrogens (tertiary/aromatic N) is 2. The molecule has 1 saturated heterocycles. The monoisotopic (exact) mass is 405 g/mol. The second-order valence-electron chi connectivity index (χ2n) is 6.90. The van der Waals surface area contributed by atoms with Crippen molar-refractivity contribution in [2.45, 2.75) is 36.6 Å². The van der Waals surface area contributed by atoms with Gasteiger partial charge >= 0.3 is 0 Å². The molecule has 142 valence electrons. The van der Waals surface area contributed by atoms with E-state index in [-0.39, 0.29) is 17.8 Å². The molecule has 2 aliphatic heterocycles. The largest absolute Gasteiger partial charge is 0.362 e. The summed E-state index contributed by atoms with van der Waals surface area (Å²) in [6.07, 6.45) is 5.70. The Morgan fingerprint density at radius 1 is 1.30 bits per heavy atom. The first-order valence-corrected chi connectivity index (χ1v) is 10.6. The minimum atomic E-state index is -0.189. The maximum atomic E-state index is 14.0. The molecule has 1 unspecified atom stereocenters. The van der Waals surface area contributed by atoms with Gasteiger partial charge in [0.15, 0.2) is 0 Å². The van der Waals surface area contributed by atoms with Crippen molar-refractivity contribution in [3.8, 4) is 0 Å². The van der Waals surface area contributed by atoms with E-state index in [0.29, 0.717) is 21.3 Å². The van der Waals surface area contributed by atoms with Gasteiger partial charge in [-0.2, -0.15) is 0 Å². The van der Waals surface area contributed by atoms with Crippen LogP contribution in [0.1, 0.15) is 47.6 Å². The van der Waals surface area contributed by atoms with Crippen LogP contribution in [0.25, 0.3) is 0 Å². The Labute approximate surface area is 167 Å². The van der Waals surface area contributed by atoms with E-state index in [4.69, 9.17) is 11.6 Å². The second kappa shape index (κ2) is 8.07. The highest BCUT2D eigenvalue weighted by Gasteiger charge is 2.25. The van der Waals surface area contributed by atoms with E-state index in [0.717, 1.165) is 43.7 Å². The van der Waals surface area contributed by atoms with E-state index >= 15 is 0 Å². The molecule has 1 amide bonds. The zero-order valence-corrected chi connectivity index (χ0v) is 16.5. The van der Waals surface area contributed by atoms with Gasteiger partial charge in [-0.3, -0.25) is 4.79 Å². The Kier molecular flexibility index (Phi) is 5.55. The third-order valence-electron chi connectivity index (χ3n) is 5.07. The molecule has 0 spiro atoms. The van der Waals surface area contributed by atoms with Gasteiger partial charge in [-0.25, -0.2) is 9.37 Å². The smallest absolute Gasteiger partial charge is 0.255 e. The molecule has 2 aliphatic rings. The van der Waals surface area contributed by atoms with Gasteiger partial charge in [-0.15, -0.1) is 11.8 Å². The topological polar surface area (TPSA) is 45.2 Å². The molecule has 3 heterocycles. The second-order valence-corrected chi connectivity index (χ2v) is 8.41. The Bertz CT molecular complexity index is 857. The summed E-state index contributed by atoms with van der Waals surface area (Å²) in [6, 6.07) is 6.78. The Hall–Kier alpha value is -1.79. The van der Waals surface area contributed by atoms with Crippen LogP contribution in [0.3, 0.4) is 0 Å². The number of carbonyl (C=O) groups is 1. The number of carbonyl (C=O) groups excluding carboxylic acids is 1. The summed E-state index contributed by atoms with van der Waals surface area (Å²) < 4.78 is 14.0. The van der Waals surface area contributed by atoms with E-state index in [9.17, 15) is 9.18 Å². The number of halogens is 2. The maximum Gasteiger partial charge on any atom is 0.255 e. The van der Waals surface area contributed by atoms with E-state index in [2.05, 4.69) is 10.3 Å². The number of hydrogen-bond donors (Lipinski definition) is 1. The average Bonchev–Trinajstić information content (AvgIpc) is 2.70. The van der Waals surface area contributed by atoms with Crippen LogP contribution in [0, 0.1) is 5.82 Å². The van der Waals surface area contributed by atoms with E-state index in [1.54, 1.807) is 18.3 Å². The molecule has 1 atom stereocenters. The normalized spacial score (nSPS) is 19.5. The number of anilines is 1. The van der Waals surface area contributed by atoms with Gasteiger partial charge < -0.3 is 10.2 Å². The maximum absolute atomic E-state index is 14.0. The van der Waals surface area contributed by atoms with Crippen molar-refractivity contribution in [3.63, 3.8) is 0 Å². The average molecular weight is 406 g/mol. The van der Waals surface area contributed by atoms with Crippen molar-refractivity contribution >= 4 is 35.1 Å². The molecule has 0 aliphatic carbocycles. The van der Waals surface area contributed by atoms with Gasteiger partial charge in [0, 0.05) is 29.9 Å². The number of aromatic nitrogens is 1.